The lowest BCUT2D eigenvalue weighted by atomic mass is 9.95. The number of halogens is 3. The molecule has 2 aliphatic rings. The monoisotopic (exact) mass is 446 g/mol. The number of piperazine rings is 1. The average molecular weight is 446 g/mol. The number of fused-ring (bicyclic) bond motifs is 1. The van der Waals surface area contributed by atoms with Gasteiger partial charge in [0.2, 0.25) is 5.91 Å². The summed E-state index contributed by atoms with van der Waals surface area (Å²) >= 11 is 0. The molecule has 32 heavy (non-hydrogen) atoms. The van der Waals surface area contributed by atoms with E-state index in [-0.39, 0.29) is 42.6 Å². The number of alkyl halides is 1. The summed E-state index contributed by atoms with van der Waals surface area (Å²) in [4.78, 5) is 27.8. The Bertz CT molecular complexity index is 1060. The van der Waals surface area contributed by atoms with Crippen molar-refractivity contribution in [2.24, 2.45) is 0 Å². The van der Waals surface area contributed by atoms with Crippen molar-refractivity contribution >= 4 is 11.9 Å². The Hall–Kier alpha value is -2.87. The SMILES string of the molecule is Cc1cc(F)c(CC(=O)N2CCN(CC(F)c3ccc4c(c3C)COC4=O)CC2)cc1F. The highest BCUT2D eigenvalue weighted by Gasteiger charge is 2.28. The van der Waals surface area contributed by atoms with Crippen molar-refractivity contribution in [3.63, 3.8) is 0 Å². The molecule has 2 aliphatic heterocycles. The fourth-order valence-electron chi connectivity index (χ4n) is 4.31. The molecule has 1 atom stereocenters. The molecule has 5 nitrogen and oxygen atoms in total. The number of rotatable bonds is 5. The Labute approximate surface area is 184 Å². The number of carbonyl (C=O) groups excluding carboxylic acids is 2. The van der Waals surface area contributed by atoms with Crippen LogP contribution in [0.3, 0.4) is 0 Å². The standard InChI is InChI=1S/C24H25F3N2O3/c1-14-9-21(26)16(10-20(14)25)11-23(30)29-7-5-28(6-8-29)12-22(27)17-3-4-18-19(15(17)2)13-32-24(18)31/h3-4,9-10,22H,5-8,11-13H2,1-2H3. The molecule has 2 aromatic rings. The second kappa shape index (κ2) is 8.94. The van der Waals surface area contributed by atoms with Crippen LogP contribution in [-0.2, 0) is 22.6 Å². The first-order valence-corrected chi connectivity index (χ1v) is 10.6. The molecule has 2 aromatic carbocycles. The highest BCUT2D eigenvalue weighted by Crippen LogP contribution is 2.31. The van der Waals surface area contributed by atoms with Crippen LogP contribution in [0.5, 0.6) is 0 Å². The van der Waals surface area contributed by atoms with Gasteiger partial charge < -0.3 is 9.64 Å². The second-order valence-electron chi connectivity index (χ2n) is 8.40. The van der Waals surface area contributed by atoms with E-state index in [0.29, 0.717) is 37.3 Å². The van der Waals surface area contributed by atoms with Gasteiger partial charge in [-0.3, -0.25) is 9.69 Å². The summed E-state index contributed by atoms with van der Waals surface area (Å²) in [6, 6.07) is 5.42. The largest absolute Gasteiger partial charge is 0.457 e. The topological polar surface area (TPSA) is 49.9 Å². The summed E-state index contributed by atoms with van der Waals surface area (Å²) in [5.74, 6) is -1.78. The number of hydrogen-bond donors (Lipinski definition) is 0. The summed E-state index contributed by atoms with van der Waals surface area (Å²) in [6.07, 6.45) is -1.44. The van der Waals surface area contributed by atoms with Crippen molar-refractivity contribution in [2.75, 3.05) is 32.7 Å². The Morgan fingerprint density at radius 2 is 1.81 bits per heavy atom. The van der Waals surface area contributed by atoms with Crippen molar-refractivity contribution in [1.82, 2.24) is 9.80 Å². The fourth-order valence-corrected chi connectivity index (χ4v) is 4.31. The van der Waals surface area contributed by atoms with Crippen molar-refractivity contribution in [3.8, 4) is 0 Å². The number of amides is 1. The molecule has 0 radical (unpaired) electrons. The van der Waals surface area contributed by atoms with Crippen LogP contribution in [-0.4, -0.2) is 54.4 Å². The summed E-state index contributed by atoms with van der Waals surface area (Å²) in [5, 5.41) is 0. The maximum atomic E-state index is 15.1. The lowest BCUT2D eigenvalue weighted by Gasteiger charge is -2.35. The van der Waals surface area contributed by atoms with E-state index in [9.17, 15) is 18.4 Å². The van der Waals surface area contributed by atoms with Crippen LogP contribution in [0.15, 0.2) is 24.3 Å². The number of nitrogens with zero attached hydrogens (tertiary/aromatic N) is 2. The highest BCUT2D eigenvalue weighted by atomic mass is 19.1. The Kier molecular flexibility index (Phi) is 6.24. The molecule has 4 rings (SSSR count). The molecule has 1 amide bonds. The van der Waals surface area contributed by atoms with Gasteiger partial charge in [0.1, 0.15) is 24.4 Å². The van der Waals surface area contributed by atoms with Crippen molar-refractivity contribution in [2.45, 2.75) is 33.0 Å². The first-order valence-electron chi connectivity index (χ1n) is 10.6. The number of ether oxygens (including phenoxy) is 1. The molecule has 1 saturated heterocycles. The zero-order chi connectivity index (χ0) is 23.0. The Balaban J connectivity index is 1.33. The smallest absolute Gasteiger partial charge is 0.338 e. The molecule has 8 heteroatoms. The van der Waals surface area contributed by atoms with Crippen molar-refractivity contribution in [3.05, 3.63) is 69.3 Å². The molecule has 0 aromatic heterocycles. The first-order chi connectivity index (χ1) is 15.2. The van der Waals surface area contributed by atoms with Gasteiger partial charge in [0.15, 0.2) is 0 Å². The van der Waals surface area contributed by atoms with Gasteiger partial charge in [0.05, 0.1) is 12.0 Å². The molecular formula is C24H25F3N2O3. The van der Waals surface area contributed by atoms with Gasteiger partial charge in [-0.25, -0.2) is 18.0 Å². The predicted molar refractivity (Wildman–Crippen MR) is 112 cm³/mol. The molecule has 170 valence electrons. The minimum atomic E-state index is -1.23. The fraction of sp³-hybridized carbons (Fsp3) is 0.417. The van der Waals surface area contributed by atoms with Crippen LogP contribution in [0, 0.1) is 25.5 Å². The maximum Gasteiger partial charge on any atom is 0.338 e. The number of benzene rings is 2. The van der Waals surface area contributed by atoms with Crippen LogP contribution in [0.25, 0.3) is 0 Å². The third kappa shape index (κ3) is 4.37. The lowest BCUT2D eigenvalue weighted by molar-refractivity contribution is -0.132. The van der Waals surface area contributed by atoms with E-state index in [1.807, 2.05) is 4.90 Å². The number of esters is 1. The molecule has 1 fully saturated rings. The minimum Gasteiger partial charge on any atom is -0.457 e. The van der Waals surface area contributed by atoms with E-state index < -0.39 is 17.8 Å². The van der Waals surface area contributed by atoms with Gasteiger partial charge in [0, 0.05) is 43.9 Å². The van der Waals surface area contributed by atoms with Crippen LogP contribution < -0.4 is 0 Å². The number of aryl methyl sites for hydroxylation is 1. The zero-order valence-electron chi connectivity index (χ0n) is 18.1. The maximum absolute atomic E-state index is 15.1. The van der Waals surface area contributed by atoms with Crippen molar-refractivity contribution in [1.29, 1.82) is 0 Å². The van der Waals surface area contributed by atoms with Crippen LogP contribution in [0.2, 0.25) is 0 Å². The summed E-state index contributed by atoms with van der Waals surface area (Å²) in [7, 11) is 0. The third-order valence-electron chi connectivity index (χ3n) is 6.36. The number of carbonyl (C=O) groups is 2. The summed E-state index contributed by atoms with van der Waals surface area (Å²) in [5.41, 5.74) is 2.75. The van der Waals surface area contributed by atoms with E-state index in [0.717, 1.165) is 23.3 Å². The molecule has 0 bridgehead atoms. The van der Waals surface area contributed by atoms with Gasteiger partial charge >= 0.3 is 5.97 Å². The van der Waals surface area contributed by atoms with Gasteiger partial charge in [-0.05, 0) is 48.7 Å². The van der Waals surface area contributed by atoms with E-state index in [4.69, 9.17) is 4.74 Å². The molecule has 0 saturated carbocycles. The number of cyclic esters (lactones) is 1. The average Bonchev–Trinajstić information content (AvgIpc) is 3.14. The first kappa shape index (κ1) is 22.3. The van der Waals surface area contributed by atoms with Crippen LogP contribution >= 0.6 is 0 Å². The number of hydrogen-bond acceptors (Lipinski definition) is 4. The molecular weight excluding hydrogens is 421 g/mol. The molecule has 0 spiro atoms. The molecule has 2 heterocycles. The molecule has 1 unspecified atom stereocenters. The van der Waals surface area contributed by atoms with E-state index in [2.05, 4.69) is 0 Å². The normalized spacial score (nSPS) is 17.3. The van der Waals surface area contributed by atoms with Gasteiger partial charge in [-0.15, -0.1) is 0 Å². The lowest BCUT2D eigenvalue weighted by Crippen LogP contribution is -2.49. The third-order valence-corrected chi connectivity index (χ3v) is 6.36. The molecule has 0 aliphatic carbocycles. The Morgan fingerprint density at radius 3 is 2.53 bits per heavy atom. The summed E-state index contributed by atoms with van der Waals surface area (Å²) < 4.78 is 47.9. The van der Waals surface area contributed by atoms with E-state index in [1.54, 1.807) is 24.0 Å². The van der Waals surface area contributed by atoms with Gasteiger partial charge in [-0.2, -0.15) is 0 Å². The quantitative estimate of drug-likeness (QED) is 0.658. The summed E-state index contributed by atoms with van der Waals surface area (Å²) in [6.45, 7) is 5.39. The minimum absolute atomic E-state index is 0.0406. The van der Waals surface area contributed by atoms with Crippen molar-refractivity contribution < 1.29 is 27.5 Å². The zero-order valence-corrected chi connectivity index (χ0v) is 18.1. The highest BCUT2D eigenvalue weighted by molar-refractivity contribution is 5.94. The van der Waals surface area contributed by atoms with E-state index in [1.165, 1.54) is 6.92 Å². The van der Waals surface area contributed by atoms with Crippen LogP contribution in [0.4, 0.5) is 13.2 Å². The van der Waals surface area contributed by atoms with Gasteiger partial charge in [0.25, 0.3) is 0 Å². The Morgan fingerprint density at radius 1 is 1.09 bits per heavy atom. The van der Waals surface area contributed by atoms with Crippen LogP contribution in [0.1, 0.15) is 44.3 Å². The van der Waals surface area contributed by atoms with Gasteiger partial charge in [-0.1, -0.05) is 6.07 Å². The molecule has 0 N–H and O–H groups in total. The second-order valence-corrected chi connectivity index (χ2v) is 8.40. The predicted octanol–water partition coefficient (Wildman–Crippen LogP) is 3.65. The van der Waals surface area contributed by atoms with E-state index >= 15 is 4.39 Å².